The molecule has 0 radical (unpaired) electrons. The average molecular weight is 533 g/mol. The molecule has 1 aliphatic heterocycles. The zero-order chi connectivity index (χ0) is 25.9. The Bertz CT molecular complexity index is 1430. The normalized spacial score (nSPS) is 17.6. The van der Waals surface area contributed by atoms with Crippen LogP contribution in [0.2, 0.25) is 0 Å². The van der Waals surface area contributed by atoms with E-state index in [4.69, 9.17) is 10.2 Å². The number of benzene rings is 1. The monoisotopic (exact) mass is 532 g/mol. The lowest BCUT2D eigenvalue weighted by atomic mass is 9.78. The minimum Gasteiger partial charge on any atom is -0.468 e. The van der Waals surface area contributed by atoms with Crippen molar-refractivity contribution in [2.45, 2.75) is 42.9 Å². The van der Waals surface area contributed by atoms with Crippen LogP contribution in [0.5, 0.6) is 0 Å². The Morgan fingerprint density at radius 2 is 2.11 bits per heavy atom. The number of amides is 1. The SMILES string of the molecule is CCc1ccc(NC(=O)CSc2nnc(N3C(N)=C(C#N)C(c4ccco4)C4=C3CCCC4=O)s2)cc1. The van der Waals surface area contributed by atoms with Gasteiger partial charge in [-0.15, -0.1) is 10.2 Å². The number of nitrogens with two attached hydrogens (primary N) is 1. The lowest BCUT2D eigenvalue weighted by Crippen LogP contribution is -2.38. The molecule has 1 aromatic carbocycles. The molecule has 0 saturated carbocycles. The van der Waals surface area contributed by atoms with Crippen LogP contribution in [0.3, 0.4) is 0 Å². The van der Waals surface area contributed by atoms with Gasteiger partial charge in [0, 0.05) is 23.4 Å². The number of ketones is 1. The molecule has 188 valence electrons. The predicted octanol–water partition coefficient (Wildman–Crippen LogP) is 4.73. The Kier molecular flexibility index (Phi) is 7.12. The van der Waals surface area contributed by atoms with Crippen molar-refractivity contribution in [1.82, 2.24) is 10.2 Å². The van der Waals surface area contributed by atoms with Crippen molar-refractivity contribution in [3.05, 3.63) is 76.6 Å². The molecule has 0 saturated heterocycles. The summed E-state index contributed by atoms with van der Waals surface area (Å²) in [7, 11) is 0. The maximum atomic E-state index is 13.1. The molecule has 2 aliphatic rings. The Labute approximate surface area is 222 Å². The molecule has 5 rings (SSSR count). The van der Waals surface area contributed by atoms with Gasteiger partial charge in [0.2, 0.25) is 11.0 Å². The number of anilines is 2. The molecule has 1 atom stereocenters. The number of allylic oxidation sites excluding steroid dienone is 3. The van der Waals surface area contributed by atoms with Crippen LogP contribution >= 0.6 is 23.1 Å². The number of hydrogen-bond acceptors (Lipinski definition) is 10. The summed E-state index contributed by atoms with van der Waals surface area (Å²) >= 11 is 2.52. The molecule has 1 unspecified atom stereocenters. The molecule has 3 aromatic rings. The number of nitriles is 1. The first-order valence-electron chi connectivity index (χ1n) is 11.8. The van der Waals surface area contributed by atoms with E-state index in [0.717, 1.165) is 17.8 Å². The number of Topliss-reactive ketones (excluding diaryl/α,β-unsaturated/α-hetero) is 1. The highest BCUT2D eigenvalue weighted by Gasteiger charge is 2.42. The largest absolute Gasteiger partial charge is 0.468 e. The van der Waals surface area contributed by atoms with Crippen molar-refractivity contribution in [2.24, 2.45) is 5.73 Å². The van der Waals surface area contributed by atoms with E-state index in [1.807, 2.05) is 24.3 Å². The van der Waals surface area contributed by atoms with Crippen molar-refractivity contribution in [2.75, 3.05) is 16.0 Å². The molecule has 0 spiro atoms. The lowest BCUT2D eigenvalue weighted by Gasteiger charge is -2.37. The van der Waals surface area contributed by atoms with Crippen molar-refractivity contribution in [3.8, 4) is 6.07 Å². The topological polar surface area (TPSA) is 138 Å². The fourth-order valence-corrected chi connectivity index (χ4v) is 6.22. The van der Waals surface area contributed by atoms with E-state index in [1.165, 1.54) is 34.9 Å². The molecule has 1 aliphatic carbocycles. The van der Waals surface area contributed by atoms with E-state index >= 15 is 0 Å². The number of nitrogens with one attached hydrogen (secondary N) is 1. The second kappa shape index (κ2) is 10.6. The smallest absolute Gasteiger partial charge is 0.234 e. The van der Waals surface area contributed by atoms with Crippen LogP contribution in [-0.2, 0) is 16.0 Å². The number of carbonyl (C=O) groups is 2. The third-order valence-corrected chi connectivity index (χ3v) is 8.34. The van der Waals surface area contributed by atoms with Crippen LogP contribution in [0.4, 0.5) is 10.8 Å². The third kappa shape index (κ3) is 4.90. The molecule has 37 heavy (non-hydrogen) atoms. The van der Waals surface area contributed by atoms with Crippen LogP contribution in [-0.4, -0.2) is 27.6 Å². The van der Waals surface area contributed by atoms with Gasteiger partial charge in [0.1, 0.15) is 11.6 Å². The van der Waals surface area contributed by atoms with Gasteiger partial charge in [-0.25, -0.2) is 0 Å². The van der Waals surface area contributed by atoms with Gasteiger partial charge < -0.3 is 15.5 Å². The first-order valence-corrected chi connectivity index (χ1v) is 13.6. The summed E-state index contributed by atoms with van der Waals surface area (Å²) in [5, 5.41) is 21.9. The van der Waals surface area contributed by atoms with Gasteiger partial charge in [0.25, 0.3) is 0 Å². The lowest BCUT2D eigenvalue weighted by molar-refractivity contribution is -0.116. The summed E-state index contributed by atoms with van der Waals surface area (Å²) in [6, 6.07) is 13.4. The molecular formula is C26H24N6O3S2. The summed E-state index contributed by atoms with van der Waals surface area (Å²) in [5.41, 5.74) is 9.93. The number of hydrogen-bond donors (Lipinski definition) is 2. The summed E-state index contributed by atoms with van der Waals surface area (Å²) < 4.78 is 6.17. The highest BCUT2D eigenvalue weighted by atomic mass is 32.2. The second-order valence-corrected chi connectivity index (χ2v) is 10.7. The molecule has 3 N–H and O–H groups in total. The standard InChI is InChI=1S/C26H24N6O3S2/c1-2-15-8-10-16(11-9-15)29-21(34)14-36-26-31-30-25(37-26)32-18-5-3-6-19(33)23(18)22(17(13-27)24(32)28)20-7-4-12-35-20/h4,7-12,22H,2-3,5-6,14,28H2,1H3,(H,29,34). The van der Waals surface area contributed by atoms with Gasteiger partial charge in [-0.2, -0.15) is 5.26 Å². The highest BCUT2D eigenvalue weighted by Crippen LogP contribution is 2.47. The summed E-state index contributed by atoms with van der Waals surface area (Å²) in [6.07, 6.45) is 4.14. The highest BCUT2D eigenvalue weighted by molar-refractivity contribution is 8.01. The first kappa shape index (κ1) is 24.8. The molecule has 11 heteroatoms. The summed E-state index contributed by atoms with van der Waals surface area (Å²) in [4.78, 5) is 27.2. The quantitative estimate of drug-likeness (QED) is 0.414. The van der Waals surface area contributed by atoms with Gasteiger partial charge in [-0.1, -0.05) is 42.2 Å². The van der Waals surface area contributed by atoms with E-state index in [2.05, 4.69) is 28.5 Å². The first-order chi connectivity index (χ1) is 18.0. The van der Waals surface area contributed by atoms with Crippen LogP contribution in [0, 0.1) is 11.3 Å². The Balaban J connectivity index is 1.37. The molecule has 0 bridgehead atoms. The molecule has 9 nitrogen and oxygen atoms in total. The van der Waals surface area contributed by atoms with Gasteiger partial charge in [0.05, 0.1) is 29.6 Å². The molecule has 3 heterocycles. The Morgan fingerprint density at radius 1 is 1.30 bits per heavy atom. The fourth-order valence-electron chi connectivity index (χ4n) is 4.54. The zero-order valence-electron chi connectivity index (χ0n) is 20.1. The number of carbonyl (C=O) groups excluding carboxylic acids is 2. The fraction of sp³-hybridized carbons (Fsp3) is 0.269. The number of aryl methyl sites for hydroxylation is 1. The van der Waals surface area contributed by atoms with Gasteiger partial charge in [-0.05, 0) is 49.1 Å². The number of thioether (sulfide) groups is 1. The average Bonchev–Trinajstić information content (AvgIpc) is 3.60. The summed E-state index contributed by atoms with van der Waals surface area (Å²) in [6.45, 7) is 2.08. The molecular weight excluding hydrogens is 508 g/mol. The van der Waals surface area contributed by atoms with Gasteiger partial charge in [0.15, 0.2) is 10.1 Å². The second-order valence-electron chi connectivity index (χ2n) is 8.57. The van der Waals surface area contributed by atoms with E-state index in [9.17, 15) is 14.9 Å². The van der Waals surface area contributed by atoms with Crippen LogP contribution in [0.15, 0.2) is 74.1 Å². The maximum absolute atomic E-state index is 13.1. The van der Waals surface area contributed by atoms with E-state index in [1.54, 1.807) is 17.0 Å². The number of nitrogens with zero attached hydrogens (tertiary/aromatic N) is 4. The van der Waals surface area contributed by atoms with Crippen LogP contribution in [0.1, 0.15) is 43.4 Å². The van der Waals surface area contributed by atoms with Crippen LogP contribution in [0.25, 0.3) is 0 Å². The maximum Gasteiger partial charge on any atom is 0.234 e. The minimum atomic E-state index is -0.643. The third-order valence-electron chi connectivity index (χ3n) is 6.30. The molecule has 1 amide bonds. The number of aromatic nitrogens is 2. The zero-order valence-corrected chi connectivity index (χ0v) is 21.7. The minimum absolute atomic E-state index is 0.0318. The Hall–Kier alpha value is -3.88. The molecule has 2 aromatic heterocycles. The molecule has 0 fully saturated rings. The van der Waals surface area contributed by atoms with E-state index < -0.39 is 5.92 Å². The van der Waals surface area contributed by atoms with Gasteiger partial charge >= 0.3 is 0 Å². The Morgan fingerprint density at radius 3 is 2.81 bits per heavy atom. The van der Waals surface area contributed by atoms with Crippen molar-refractivity contribution in [3.63, 3.8) is 0 Å². The van der Waals surface area contributed by atoms with Crippen molar-refractivity contribution >= 4 is 45.6 Å². The van der Waals surface area contributed by atoms with E-state index in [-0.39, 0.29) is 28.8 Å². The van der Waals surface area contributed by atoms with Crippen molar-refractivity contribution in [1.29, 1.82) is 5.26 Å². The van der Waals surface area contributed by atoms with Crippen molar-refractivity contribution < 1.29 is 14.0 Å². The van der Waals surface area contributed by atoms with E-state index in [0.29, 0.717) is 40.1 Å². The predicted molar refractivity (Wildman–Crippen MR) is 142 cm³/mol. The number of rotatable bonds is 7. The summed E-state index contributed by atoms with van der Waals surface area (Å²) in [5.74, 6) is 0.0429. The van der Waals surface area contributed by atoms with Gasteiger partial charge in [-0.3, -0.25) is 14.5 Å². The van der Waals surface area contributed by atoms with Crippen LogP contribution < -0.4 is 16.0 Å². The number of furan rings is 1.